The third-order valence-electron chi connectivity index (χ3n) is 9.24. The second kappa shape index (κ2) is 43.6. The molecule has 55 heavy (non-hydrogen) atoms. The maximum Gasteiger partial charge on any atom is 0.306 e. The number of ether oxygens (including phenoxy) is 3. The largest absolute Gasteiger partial charge is 0.462 e. The van der Waals surface area contributed by atoms with Crippen molar-refractivity contribution in [1.29, 1.82) is 0 Å². The molecular weight excluding hydrogens is 685 g/mol. The summed E-state index contributed by atoms with van der Waals surface area (Å²) < 4.78 is 16.5. The van der Waals surface area contributed by atoms with Crippen molar-refractivity contribution in [3.05, 3.63) is 72.9 Å². The van der Waals surface area contributed by atoms with Gasteiger partial charge in [-0.1, -0.05) is 196 Å². The molecule has 0 heterocycles. The summed E-state index contributed by atoms with van der Waals surface area (Å²) in [5, 5.41) is 0. The Morgan fingerprint density at radius 1 is 0.382 bits per heavy atom. The van der Waals surface area contributed by atoms with E-state index < -0.39 is 6.10 Å². The van der Waals surface area contributed by atoms with Gasteiger partial charge in [-0.25, -0.2) is 0 Å². The molecule has 0 rings (SSSR count). The minimum absolute atomic E-state index is 0.0979. The van der Waals surface area contributed by atoms with Crippen molar-refractivity contribution in [3.63, 3.8) is 0 Å². The Labute approximate surface area is 338 Å². The Morgan fingerprint density at radius 3 is 1.11 bits per heavy atom. The van der Waals surface area contributed by atoms with Crippen LogP contribution < -0.4 is 0 Å². The van der Waals surface area contributed by atoms with Crippen LogP contribution >= 0.6 is 0 Å². The van der Waals surface area contributed by atoms with Crippen molar-refractivity contribution >= 4 is 17.9 Å². The summed E-state index contributed by atoms with van der Waals surface area (Å²) in [7, 11) is 0. The van der Waals surface area contributed by atoms with Crippen molar-refractivity contribution in [1.82, 2.24) is 0 Å². The first-order chi connectivity index (χ1) is 27.0. The van der Waals surface area contributed by atoms with Gasteiger partial charge in [-0.2, -0.15) is 0 Å². The molecule has 314 valence electrons. The van der Waals surface area contributed by atoms with Gasteiger partial charge in [-0.05, 0) is 57.8 Å². The smallest absolute Gasteiger partial charge is 0.306 e. The zero-order valence-corrected chi connectivity index (χ0v) is 35.7. The first kappa shape index (κ1) is 51.9. The molecule has 0 aromatic carbocycles. The molecule has 0 bridgehead atoms. The third-order valence-corrected chi connectivity index (χ3v) is 9.24. The van der Waals surface area contributed by atoms with E-state index in [0.717, 1.165) is 89.9 Å². The van der Waals surface area contributed by atoms with Crippen LogP contribution in [0.15, 0.2) is 72.9 Å². The normalized spacial score (nSPS) is 12.7. The molecule has 1 unspecified atom stereocenters. The van der Waals surface area contributed by atoms with Crippen molar-refractivity contribution in [3.8, 4) is 0 Å². The van der Waals surface area contributed by atoms with Crippen LogP contribution in [0, 0.1) is 0 Å². The minimum Gasteiger partial charge on any atom is -0.462 e. The summed E-state index contributed by atoms with van der Waals surface area (Å²) in [4.78, 5) is 37.4. The van der Waals surface area contributed by atoms with E-state index in [0.29, 0.717) is 19.3 Å². The van der Waals surface area contributed by atoms with E-state index >= 15 is 0 Å². The molecule has 0 aromatic rings. The fourth-order valence-corrected chi connectivity index (χ4v) is 5.88. The Bertz CT molecular complexity index is 1070. The van der Waals surface area contributed by atoms with Gasteiger partial charge in [-0.3, -0.25) is 14.4 Å². The molecule has 6 heteroatoms. The molecule has 0 fully saturated rings. The molecule has 0 amide bonds. The monoisotopic (exact) mass is 767 g/mol. The first-order valence-corrected chi connectivity index (χ1v) is 22.4. The van der Waals surface area contributed by atoms with E-state index in [4.69, 9.17) is 14.2 Å². The van der Waals surface area contributed by atoms with E-state index in [-0.39, 0.29) is 37.5 Å². The van der Waals surface area contributed by atoms with Gasteiger partial charge in [-0.15, -0.1) is 0 Å². The van der Waals surface area contributed by atoms with E-state index in [1.165, 1.54) is 64.2 Å². The van der Waals surface area contributed by atoms with Gasteiger partial charge < -0.3 is 14.2 Å². The summed E-state index contributed by atoms with van der Waals surface area (Å²) in [6.45, 7) is 6.35. The maximum atomic E-state index is 12.5. The average Bonchev–Trinajstić information content (AvgIpc) is 3.18. The number of carbonyl (C=O) groups excluding carboxylic acids is 3. The van der Waals surface area contributed by atoms with Crippen LogP contribution in [0.25, 0.3) is 0 Å². The molecule has 0 saturated heterocycles. The molecule has 6 nitrogen and oxygen atoms in total. The van der Waals surface area contributed by atoms with Gasteiger partial charge in [0.15, 0.2) is 6.10 Å². The molecule has 0 spiro atoms. The van der Waals surface area contributed by atoms with Crippen LogP contribution in [0.3, 0.4) is 0 Å². The van der Waals surface area contributed by atoms with Crippen LogP contribution in [0.4, 0.5) is 0 Å². The van der Waals surface area contributed by atoms with E-state index in [9.17, 15) is 14.4 Å². The Morgan fingerprint density at radius 2 is 0.709 bits per heavy atom. The fraction of sp³-hybridized carbons (Fsp3) is 0.694. The number of unbranched alkanes of at least 4 members (excludes halogenated alkanes) is 16. The Hall–Kier alpha value is -3.15. The molecule has 0 N–H and O–H groups in total. The van der Waals surface area contributed by atoms with Crippen LogP contribution in [-0.4, -0.2) is 37.2 Å². The lowest BCUT2D eigenvalue weighted by atomic mass is 10.0. The summed E-state index contributed by atoms with van der Waals surface area (Å²) >= 11 is 0. The summed E-state index contributed by atoms with van der Waals surface area (Å²) in [5.41, 5.74) is 0. The predicted octanol–water partition coefficient (Wildman–Crippen LogP) is 14.3. The lowest BCUT2D eigenvalue weighted by Gasteiger charge is -2.18. The predicted molar refractivity (Wildman–Crippen MR) is 233 cm³/mol. The highest BCUT2D eigenvalue weighted by Gasteiger charge is 2.19. The van der Waals surface area contributed by atoms with Crippen molar-refractivity contribution in [2.45, 2.75) is 207 Å². The molecular formula is C49H82O6. The maximum absolute atomic E-state index is 12.5. The SMILES string of the molecule is CC/C=C/C/C=C/C/C=C\C/C=C/C/C=C/C/C=C/CCC(=O)OCC(COC(=O)CCCCCCCCCCCCCCC)OC(=O)CCCCCCC. The lowest BCUT2D eigenvalue weighted by Crippen LogP contribution is -2.30. The minimum atomic E-state index is -0.798. The average molecular weight is 767 g/mol. The number of hydrogen-bond donors (Lipinski definition) is 0. The van der Waals surface area contributed by atoms with E-state index in [1.807, 2.05) is 12.2 Å². The zero-order valence-electron chi connectivity index (χ0n) is 35.7. The fourth-order valence-electron chi connectivity index (χ4n) is 5.88. The summed E-state index contributed by atoms with van der Waals surface area (Å²) in [5.74, 6) is -1.01. The van der Waals surface area contributed by atoms with Crippen molar-refractivity contribution in [2.24, 2.45) is 0 Å². The quantitative estimate of drug-likeness (QED) is 0.0268. The lowest BCUT2D eigenvalue weighted by molar-refractivity contribution is -0.166. The topological polar surface area (TPSA) is 78.9 Å². The Balaban J connectivity index is 4.31. The van der Waals surface area contributed by atoms with E-state index in [1.54, 1.807) is 0 Å². The highest BCUT2D eigenvalue weighted by atomic mass is 16.6. The van der Waals surface area contributed by atoms with Gasteiger partial charge in [0.05, 0.1) is 0 Å². The number of rotatable bonds is 39. The molecule has 0 aromatic heterocycles. The number of esters is 3. The number of hydrogen-bond acceptors (Lipinski definition) is 6. The molecule has 0 aliphatic carbocycles. The number of allylic oxidation sites excluding steroid dienone is 12. The van der Waals surface area contributed by atoms with Crippen molar-refractivity contribution < 1.29 is 28.6 Å². The van der Waals surface area contributed by atoms with Crippen LogP contribution in [0.2, 0.25) is 0 Å². The highest BCUT2D eigenvalue weighted by Crippen LogP contribution is 2.14. The molecule has 1 atom stereocenters. The van der Waals surface area contributed by atoms with Gasteiger partial charge >= 0.3 is 17.9 Å². The van der Waals surface area contributed by atoms with Crippen LogP contribution in [0.1, 0.15) is 201 Å². The molecule has 0 aliphatic heterocycles. The second-order valence-electron chi connectivity index (χ2n) is 14.6. The van der Waals surface area contributed by atoms with Gasteiger partial charge in [0, 0.05) is 19.3 Å². The zero-order chi connectivity index (χ0) is 40.1. The van der Waals surface area contributed by atoms with Gasteiger partial charge in [0.1, 0.15) is 13.2 Å². The Kier molecular flexibility index (Phi) is 41.1. The second-order valence-corrected chi connectivity index (χ2v) is 14.6. The molecule has 0 aliphatic rings. The third kappa shape index (κ3) is 41.8. The van der Waals surface area contributed by atoms with Crippen molar-refractivity contribution in [2.75, 3.05) is 13.2 Å². The van der Waals surface area contributed by atoms with Crippen LogP contribution in [-0.2, 0) is 28.6 Å². The molecule has 0 radical (unpaired) electrons. The molecule has 0 saturated carbocycles. The highest BCUT2D eigenvalue weighted by molar-refractivity contribution is 5.71. The number of carbonyl (C=O) groups is 3. The summed E-state index contributed by atoms with van der Waals surface area (Å²) in [6, 6.07) is 0. The first-order valence-electron chi connectivity index (χ1n) is 22.4. The van der Waals surface area contributed by atoms with Crippen LogP contribution in [0.5, 0.6) is 0 Å². The summed E-state index contributed by atoms with van der Waals surface area (Å²) in [6.07, 6.45) is 53.6. The van der Waals surface area contributed by atoms with E-state index in [2.05, 4.69) is 81.5 Å². The van der Waals surface area contributed by atoms with Gasteiger partial charge in [0.25, 0.3) is 0 Å². The van der Waals surface area contributed by atoms with Gasteiger partial charge in [0.2, 0.25) is 0 Å². The standard InChI is InChI=1S/C49H82O6/c1-4-7-10-13-15-17-19-21-22-23-24-25-26-28-30-32-34-37-39-42-48(51)54-45-46(55-49(52)43-40-35-12-9-6-3)44-53-47(50)41-38-36-33-31-29-27-20-18-16-14-11-8-5-2/h7,10,15,17,21-22,24-25,28,30,34,37,46H,4-6,8-9,11-14,16,18-20,23,26-27,29,31-33,35-36,38-45H2,1-3H3/b10-7+,17-15+,22-21-,25-24+,30-28+,37-34+.